The minimum absolute atomic E-state index is 0. The summed E-state index contributed by atoms with van der Waals surface area (Å²) in [6, 6.07) is -1.12. The first-order chi connectivity index (χ1) is 15.5. The second-order valence-corrected chi connectivity index (χ2v) is 9.80. The Hall–Kier alpha value is -1.02. The van der Waals surface area contributed by atoms with Crippen LogP contribution in [0.25, 0.3) is 0 Å². The Labute approximate surface area is 226 Å². The topological polar surface area (TPSA) is 171 Å². The predicted molar refractivity (Wildman–Crippen MR) is 111 cm³/mol. The maximum Gasteiger partial charge on any atom is 1.00 e. The van der Waals surface area contributed by atoms with E-state index in [2.05, 4.69) is 20.8 Å². The number of hydrogen-bond acceptors (Lipinski definition) is 11. The van der Waals surface area contributed by atoms with Gasteiger partial charge in [0.2, 0.25) is 11.1 Å². The standard InChI is InChI=1S/C15H17F3N6O6S3.Na.H/c16-15(17,18)33-5-8(27)19-9-11(28)24-10(13(29)30)6(3-31-12(9)24)4-32-14-20-21-22-23(14)1-7(26)2-25;;/h7,9,12,25-26H,1-5H2,(H,19,27)(H,29,30);;/q;+1;-1/t7?,9?,12-;;/m1../s1. The van der Waals surface area contributed by atoms with E-state index in [9.17, 15) is 37.8 Å². The summed E-state index contributed by atoms with van der Waals surface area (Å²) in [6.45, 7) is -0.577. The van der Waals surface area contributed by atoms with E-state index >= 15 is 0 Å². The largest absolute Gasteiger partial charge is 1.00 e. The summed E-state index contributed by atoms with van der Waals surface area (Å²) < 4.78 is 38.0. The van der Waals surface area contributed by atoms with Crippen molar-refractivity contribution in [2.24, 2.45) is 0 Å². The second-order valence-electron chi connectivity index (χ2n) is 6.72. The number of thioether (sulfide) groups is 3. The van der Waals surface area contributed by atoms with Crippen molar-refractivity contribution in [3.63, 3.8) is 0 Å². The Morgan fingerprint density at radius 3 is 2.71 bits per heavy atom. The normalized spacial score (nSPS) is 20.9. The number of carbonyl (C=O) groups excluding carboxylic acids is 2. The smallest absolute Gasteiger partial charge is 1.00 e. The van der Waals surface area contributed by atoms with Crippen molar-refractivity contribution in [1.29, 1.82) is 0 Å². The van der Waals surface area contributed by atoms with Crippen LogP contribution in [0.1, 0.15) is 1.43 Å². The molecule has 34 heavy (non-hydrogen) atoms. The molecule has 3 heterocycles. The summed E-state index contributed by atoms with van der Waals surface area (Å²) in [5.74, 6) is -3.69. The van der Waals surface area contributed by atoms with Crippen molar-refractivity contribution in [3.8, 4) is 0 Å². The van der Waals surface area contributed by atoms with E-state index in [1.807, 2.05) is 0 Å². The molecule has 184 valence electrons. The summed E-state index contributed by atoms with van der Waals surface area (Å²) in [5.41, 5.74) is -4.47. The van der Waals surface area contributed by atoms with E-state index in [0.717, 1.165) is 16.7 Å². The van der Waals surface area contributed by atoms with Gasteiger partial charge in [0.25, 0.3) is 5.91 Å². The number of carboxylic acids is 1. The fraction of sp³-hybridized carbons (Fsp3) is 0.600. The Bertz CT molecular complexity index is 973. The Morgan fingerprint density at radius 1 is 1.38 bits per heavy atom. The average Bonchev–Trinajstić information content (AvgIpc) is 3.19. The van der Waals surface area contributed by atoms with Crippen LogP contribution in [0.4, 0.5) is 13.2 Å². The van der Waals surface area contributed by atoms with Gasteiger partial charge < -0.3 is 22.1 Å². The number of carboxylic acid groups (broad SMARTS) is 1. The first kappa shape index (κ1) is 29.2. The summed E-state index contributed by atoms with van der Waals surface area (Å²) in [5, 5.41) is 40.9. The molecule has 3 rings (SSSR count). The van der Waals surface area contributed by atoms with Gasteiger partial charge in [0.1, 0.15) is 17.1 Å². The number of aliphatic carboxylic acids is 1. The molecule has 1 aromatic heterocycles. The molecular weight excluding hydrogens is 536 g/mol. The van der Waals surface area contributed by atoms with Crippen LogP contribution in [0.3, 0.4) is 0 Å². The summed E-state index contributed by atoms with van der Waals surface area (Å²) in [4.78, 5) is 37.1. The van der Waals surface area contributed by atoms with Crippen LogP contribution in [0, 0.1) is 0 Å². The number of aliphatic hydroxyl groups is 2. The fourth-order valence-corrected chi connectivity index (χ4v) is 5.73. The van der Waals surface area contributed by atoms with Crippen LogP contribution in [0.15, 0.2) is 16.4 Å². The number of nitrogens with one attached hydrogen (secondary N) is 1. The zero-order valence-electron chi connectivity index (χ0n) is 18.4. The van der Waals surface area contributed by atoms with Gasteiger partial charge in [-0.05, 0) is 27.8 Å². The van der Waals surface area contributed by atoms with Gasteiger partial charge in [0.05, 0.1) is 25.0 Å². The number of carbonyl (C=O) groups is 3. The third kappa shape index (κ3) is 7.02. The van der Waals surface area contributed by atoms with E-state index in [1.165, 1.54) is 16.4 Å². The predicted octanol–water partition coefficient (Wildman–Crippen LogP) is -3.77. The molecular formula is C15H18F3N6NaO6S3. The van der Waals surface area contributed by atoms with Gasteiger partial charge in [-0.15, -0.1) is 16.9 Å². The average molecular weight is 555 g/mol. The van der Waals surface area contributed by atoms with Gasteiger partial charge in [-0.3, -0.25) is 14.5 Å². The Morgan fingerprint density at radius 2 is 2.09 bits per heavy atom. The van der Waals surface area contributed by atoms with Gasteiger partial charge in [-0.25, -0.2) is 9.48 Å². The number of aromatic nitrogens is 4. The molecule has 2 aliphatic heterocycles. The van der Waals surface area contributed by atoms with Crippen LogP contribution in [-0.2, 0) is 20.9 Å². The first-order valence-corrected chi connectivity index (χ1v) is 12.1. The number of tetrazole rings is 1. The summed E-state index contributed by atoms with van der Waals surface area (Å²) in [6.07, 6.45) is -1.09. The van der Waals surface area contributed by atoms with Gasteiger partial charge in [0, 0.05) is 11.5 Å². The quantitative estimate of drug-likeness (QED) is 0.127. The molecule has 1 aromatic rings. The molecule has 0 aliphatic carbocycles. The third-order valence-electron chi connectivity index (χ3n) is 4.40. The molecule has 0 radical (unpaired) electrons. The van der Waals surface area contributed by atoms with E-state index in [0.29, 0.717) is 5.57 Å². The van der Waals surface area contributed by atoms with Crippen molar-refractivity contribution in [2.75, 3.05) is 23.9 Å². The van der Waals surface area contributed by atoms with E-state index in [4.69, 9.17) is 5.11 Å². The molecule has 1 saturated heterocycles. The number of amides is 2. The molecule has 2 unspecified atom stereocenters. The van der Waals surface area contributed by atoms with Crippen molar-refractivity contribution in [1.82, 2.24) is 30.4 Å². The monoisotopic (exact) mass is 554 g/mol. The molecule has 2 amide bonds. The van der Waals surface area contributed by atoms with Gasteiger partial charge in [-0.2, -0.15) is 13.2 Å². The zero-order valence-corrected chi connectivity index (χ0v) is 21.9. The fourth-order valence-electron chi connectivity index (χ4n) is 2.98. The molecule has 0 bridgehead atoms. The van der Waals surface area contributed by atoms with E-state index in [-0.39, 0.29) is 59.9 Å². The molecule has 19 heteroatoms. The summed E-state index contributed by atoms with van der Waals surface area (Å²) >= 11 is 1.70. The number of aliphatic hydroxyl groups excluding tert-OH is 2. The van der Waals surface area contributed by atoms with Crippen molar-refractivity contribution in [3.05, 3.63) is 11.3 Å². The van der Waals surface area contributed by atoms with Crippen molar-refractivity contribution < 1.29 is 73.9 Å². The first-order valence-electron chi connectivity index (χ1n) is 9.09. The van der Waals surface area contributed by atoms with Crippen LogP contribution >= 0.6 is 35.3 Å². The van der Waals surface area contributed by atoms with Crippen molar-refractivity contribution in [2.45, 2.75) is 34.7 Å². The number of rotatable bonds is 10. The minimum atomic E-state index is -4.59. The molecule has 12 nitrogen and oxygen atoms in total. The molecule has 0 spiro atoms. The maximum atomic E-state index is 12.5. The Kier molecular flexibility index (Phi) is 10.6. The zero-order chi connectivity index (χ0) is 24.3. The number of fused-ring (bicyclic) bond motifs is 1. The van der Waals surface area contributed by atoms with Crippen molar-refractivity contribution >= 4 is 53.1 Å². The van der Waals surface area contributed by atoms with Crippen LogP contribution in [-0.4, -0.2) is 105 Å². The molecule has 3 atom stereocenters. The van der Waals surface area contributed by atoms with Crippen LogP contribution in [0.5, 0.6) is 0 Å². The number of alkyl halides is 3. The van der Waals surface area contributed by atoms with Gasteiger partial charge in [-0.1, -0.05) is 11.8 Å². The van der Waals surface area contributed by atoms with Gasteiger partial charge in [0.15, 0.2) is 0 Å². The van der Waals surface area contributed by atoms with Gasteiger partial charge >= 0.3 is 41.0 Å². The molecule has 2 aliphatic rings. The minimum Gasteiger partial charge on any atom is -1.00 e. The van der Waals surface area contributed by atoms with E-state index < -0.39 is 64.9 Å². The molecule has 4 N–H and O–H groups in total. The number of β-lactam (4-membered cyclic amide) rings is 1. The molecule has 1 fully saturated rings. The Balaban J connectivity index is 0.00000306. The third-order valence-corrected chi connectivity index (χ3v) is 7.52. The second kappa shape index (κ2) is 12.3. The number of nitrogens with zero attached hydrogens (tertiary/aromatic N) is 5. The molecule has 0 saturated carbocycles. The van der Waals surface area contributed by atoms with E-state index in [1.54, 1.807) is 0 Å². The number of halogens is 3. The maximum absolute atomic E-state index is 12.5. The number of hydrogen-bond donors (Lipinski definition) is 4. The summed E-state index contributed by atoms with van der Waals surface area (Å²) in [7, 11) is 0. The SMILES string of the molecule is O=C(CSC(F)(F)F)NC1C(=O)N2C(C(=O)O)=C(CSc3nnnn3CC(O)CO)CS[C@H]12.[H-].[Na+]. The molecule has 0 aromatic carbocycles. The van der Waals surface area contributed by atoms with Crippen LogP contribution < -0.4 is 34.9 Å². The van der Waals surface area contributed by atoms with Crippen LogP contribution in [0.2, 0.25) is 0 Å².